The van der Waals surface area contributed by atoms with Crippen molar-refractivity contribution in [2.75, 3.05) is 40.4 Å². The SMILES string of the molecule is CNCC1CCCN(S(=O)(=O)NC(C)(C)COC)C1. The molecule has 1 unspecified atom stereocenters. The molecule has 0 spiro atoms. The first kappa shape index (κ1) is 16.8. The number of nitrogens with one attached hydrogen (secondary N) is 2. The van der Waals surface area contributed by atoms with Gasteiger partial charge in [0.1, 0.15) is 0 Å². The van der Waals surface area contributed by atoms with E-state index in [9.17, 15) is 8.42 Å². The number of hydrogen-bond donors (Lipinski definition) is 2. The van der Waals surface area contributed by atoms with Crippen molar-refractivity contribution in [3.63, 3.8) is 0 Å². The van der Waals surface area contributed by atoms with E-state index in [2.05, 4.69) is 10.0 Å². The number of piperidine rings is 1. The Hall–Kier alpha value is -0.210. The van der Waals surface area contributed by atoms with Gasteiger partial charge in [0.2, 0.25) is 0 Å². The average molecular weight is 293 g/mol. The number of rotatable bonds is 7. The Bertz CT molecular complexity index is 368. The third-order valence-corrected chi connectivity index (χ3v) is 5.05. The molecule has 0 aromatic heterocycles. The lowest BCUT2D eigenvalue weighted by Crippen LogP contribution is -2.54. The Balaban J connectivity index is 2.66. The highest BCUT2D eigenvalue weighted by Crippen LogP contribution is 2.19. The van der Waals surface area contributed by atoms with Gasteiger partial charge in [-0.15, -0.1) is 0 Å². The van der Waals surface area contributed by atoms with Crippen LogP contribution in [0.3, 0.4) is 0 Å². The van der Waals surface area contributed by atoms with E-state index in [1.807, 2.05) is 20.9 Å². The van der Waals surface area contributed by atoms with E-state index in [0.29, 0.717) is 25.6 Å². The van der Waals surface area contributed by atoms with Crippen LogP contribution in [0.2, 0.25) is 0 Å². The standard InChI is InChI=1S/C12H27N3O3S/c1-12(2,10-18-4)14-19(16,17)15-7-5-6-11(9-15)8-13-3/h11,13-14H,5-10H2,1-4H3. The van der Waals surface area contributed by atoms with Crippen molar-refractivity contribution in [3.05, 3.63) is 0 Å². The topological polar surface area (TPSA) is 70.7 Å². The normalized spacial score (nSPS) is 22.6. The van der Waals surface area contributed by atoms with Crippen LogP contribution in [0.5, 0.6) is 0 Å². The molecule has 1 aliphatic heterocycles. The second-order valence-electron chi connectivity index (χ2n) is 5.85. The lowest BCUT2D eigenvalue weighted by molar-refractivity contribution is 0.139. The largest absolute Gasteiger partial charge is 0.383 e. The monoisotopic (exact) mass is 293 g/mol. The Morgan fingerprint density at radius 1 is 1.42 bits per heavy atom. The van der Waals surface area contributed by atoms with Crippen molar-refractivity contribution in [3.8, 4) is 0 Å². The van der Waals surface area contributed by atoms with E-state index in [4.69, 9.17) is 4.74 Å². The molecule has 1 heterocycles. The van der Waals surface area contributed by atoms with Crippen molar-refractivity contribution in [2.24, 2.45) is 5.92 Å². The first-order chi connectivity index (χ1) is 8.80. The Labute approximate surface area is 117 Å². The van der Waals surface area contributed by atoms with Crippen LogP contribution in [0, 0.1) is 5.92 Å². The van der Waals surface area contributed by atoms with E-state index in [1.165, 1.54) is 0 Å². The van der Waals surface area contributed by atoms with Gasteiger partial charge in [-0.2, -0.15) is 17.4 Å². The van der Waals surface area contributed by atoms with Gasteiger partial charge in [0.25, 0.3) is 10.2 Å². The summed E-state index contributed by atoms with van der Waals surface area (Å²) in [5.74, 6) is 0.390. The summed E-state index contributed by atoms with van der Waals surface area (Å²) in [5.41, 5.74) is -0.594. The maximum absolute atomic E-state index is 12.4. The summed E-state index contributed by atoms with van der Waals surface area (Å²) in [6.07, 6.45) is 1.99. The van der Waals surface area contributed by atoms with Crippen LogP contribution in [0.25, 0.3) is 0 Å². The van der Waals surface area contributed by atoms with E-state index >= 15 is 0 Å². The molecule has 0 aromatic rings. The fourth-order valence-corrected chi connectivity index (χ4v) is 4.17. The number of ether oxygens (including phenoxy) is 1. The molecule has 6 nitrogen and oxygen atoms in total. The predicted octanol–water partition coefficient (Wildman–Crippen LogP) is 0.177. The summed E-state index contributed by atoms with van der Waals surface area (Å²) in [5, 5.41) is 3.12. The first-order valence-corrected chi connectivity index (χ1v) is 8.17. The highest BCUT2D eigenvalue weighted by atomic mass is 32.2. The minimum Gasteiger partial charge on any atom is -0.383 e. The van der Waals surface area contributed by atoms with Gasteiger partial charge in [-0.25, -0.2) is 0 Å². The molecular formula is C12H27N3O3S. The molecule has 0 aromatic carbocycles. The summed E-state index contributed by atoms with van der Waals surface area (Å²) in [7, 11) is 0.0267. The highest BCUT2D eigenvalue weighted by Gasteiger charge is 2.32. The minimum atomic E-state index is -3.44. The summed E-state index contributed by atoms with van der Waals surface area (Å²) < 4.78 is 34.0. The molecule has 1 atom stereocenters. The van der Waals surface area contributed by atoms with E-state index in [0.717, 1.165) is 19.4 Å². The summed E-state index contributed by atoms with van der Waals surface area (Å²) in [4.78, 5) is 0. The van der Waals surface area contributed by atoms with Crippen LogP contribution < -0.4 is 10.0 Å². The average Bonchev–Trinajstić information content (AvgIpc) is 2.28. The summed E-state index contributed by atoms with van der Waals surface area (Å²) in [6, 6.07) is 0. The zero-order valence-electron chi connectivity index (χ0n) is 12.4. The van der Waals surface area contributed by atoms with Crippen molar-refractivity contribution < 1.29 is 13.2 Å². The first-order valence-electron chi connectivity index (χ1n) is 6.73. The Morgan fingerprint density at radius 3 is 2.68 bits per heavy atom. The molecule has 0 radical (unpaired) electrons. The number of nitrogens with zero attached hydrogens (tertiary/aromatic N) is 1. The van der Waals surface area contributed by atoms with Crippen LogP contribution in [-0.2, 0) is 14.9 Å². The van der Waals surface area contributed by atoms with Gasteiger partial charge in [0.05, 0.1) is 12.1 Å². The fraction of sp³-hybridized carbons (Fsp3) is 1.00. The third kappa shape index (κ3) is 5.35. The molecule has 0 bridgehead atoms. The van der Waals surface area contributed by atoms with Crippen LogP contribution in [-0.4, -0.2) is 58.7 Å². The van der Waals surface area contributed by atoms with Gasteiger partial charge < -0.3 is 10.1 Å². The van der Waals surface area contributed by atoms with Gasteiger partial charge in [-0.1, -0.05) is 0 Å². The maximum atomic E-state index is 12.4. The molecule has 0 aliphatic carbocycles. The zero-order valence-corrected chi connectivity index (χ0v) is 13.2. The van der Waals surface area contributed by atoms with Gasteiger partial charge >= 0.3 is 0 Å². The quantitative estimate of drug-likeness (QED) is 0.702. The molecule has 19 heavy (non-hydrogen) atoms. The third-order valence-electron chi connectivity index (χ3n) is 3.22. The van der Waals surface area contributed by atoms with Crippen LogP contribution >= 0.6 is 0 Å². The Kier molecular flexibility index (Phi) is 6.19. The summed E-state index contributed by atoms with van der Waals surface area (Å²) >= 11 is 0. The molecule has 1 rings (SSSR count). The van der Waals surface area contributed by atoms with Gasteiger partial charge in [0.15, 0.2) is 0 Å². The molecular weight excluding hydrogens is 266 g/mol. The number of methoxy groups -OCH3 is 1. The molecule has 1 fully saturated rings. The van der Waals surface area contributed by atoms with E-state index in [-0.39, 0.29) is 0 Å². The molecule has 114 valence electrons. The predicted molar refractivity (Wildman–Crippen MR) is 76.2 cm³/mol. The Morgan fingerprint density at radius 2 is 2.11 bits per heavy atom. The molecule has 0 amide bonds. The molecule has 2 N–H and O–H groups in total. The van der Waals surface area contributed by atoms with Crippen LogP contribution in [0.4, 0.5) is 0 Å². The maximum Gasteiger partial charge on any atom is 0.280 e. The fourth-order valence-electron chi connectivity index (χ4n) is 2.50. The van der Waals surface area contributed by atoms with Gasteiger partial charge in [-0.05, 0) is 46.2 Å². The molecule has 7 heteroatoms. The minimum absolute atomic E-state index is 0.347. The second kappa shape index (κ2) is 6.99. The van der Waals surface area contributed by atoms with Crippen molar-refractivity contribution in [1.82, 2.24) is 14.3 Å². The van der Waals surface area contributed by atoms with Crippen molar-refractivity contribution in [2.45, 2.75) is 32.2 Å². The van der Waals surface area contributed by atoms with Gasteiger partial charge in [0, 0.05) is 20.2 Å². The van der Waals surface area contributed by atoms with E-state index < -0.39 is 15.7 Å². The molecule has 0 saturated carbocycles. The second-order valence-corrected chi connectivity index (χ2v) is 7.52. The number of hydrogen-bond acceptors (Lipinski definition) is 4. The lowest BCUT2D eigenvalue weighted by Gasteiger charge is -2.35. The van der Waals surface area contributed by atoms with Crippen molar-refractivity contribution in [1.29, 1.82) is 0 Å². The highest BCUT2D eigenvalue weighted by molar-refractivity contribution is 7.87. The molecule has 1 aliphatic rings. The van der Waals surface area contributed by atoms with E-state index in [1.54, 1.807) is 11.4 Å². The smallest absolute Gasteiger partial charge is 0.280 e. The summed E-state index contributed by atoms with van der Waals surface area (Å²) in [6.45, 7) is 6.03. The van der Waals surface area contributed by atoms with Crippen LogP contribution in [0.1, 0.15) is 26.7 Å². The molecule has 1 saturated heterocycles. The van der Waals surface area contributed by atoms with Crippen LogP contribution in [0.15, 0.2) is 0 Å². The zero-order chi connectivity index (χ0) is 14.5. The van der Waals surface area contributed by atoms with Crippen molar-refractivity contribution >= 4 is 10.2 Å². The van der Waals surface area contributed by atoms with Gasteiger partial charge in [-0.3, -0.25) is 0 Å². The lowest BCUT2D eigenvalue weighted by atomic mass is 10.00.